The third-order valence-corrected chi connectivity index (χ3v) is 1.73. The van der Waals surface area contributed by atoms with Gasteiger partial charge in [-0.1, -0.05) is 0 Å². The van der Waals surface area contributed by atoms with Crippen LogP contribution < -0.4 is 10.5 Å². The van der Waals surface area contributed by atoms with E-state index in [0.29, 0.717) is 6.07 Å². The van der Waals surface area contributed by atoms with Crippen molar-refractivity contribution in [1.82, 2.24) is 0 Å². The van der Waals surface area contributed by atoms with Crippen molar-refractivity contribution in [3.63, 3.8) is 0 Å². The van der Waals surface area contributed by atoms with Gasteiger partial charge in [-0.25, -0.2) is 8.78 Å². The number of halogens is 2. The Morgan fingerprint density at radius 1 is 1.43 bits per heavy atom. The quantitative estimate of drug-likeness (QED) is 0.745. The second-order valence-corrected chi connectivity index (χ2v) is 2.59. The molecule has 0 radical (unpaired) electrons. The fraction of sp³-hybridized carbons (Fsp3) is 0.222. The molecule has 5 heteroatoms. The Hall–Kier alpha value is -1.49. The van der Waals surface area contributed by atoms with Crippen LogP contribution in [0.2, 0.25) is 0 Å². The molecule has 1 rings (SSSR count). The predicted octanol–water partition coefficient (Wildman–Crippen LogP) is 1.11. The van der Waals surface area contributed by atoms with E-state index in [1.54, 1.807) is 0 Å². The first-order valence-corrected chi connectivity index (χ1v) is 3.86. The van der Waals surface area contributed by atoms with E-state index in [0.717, 1.165) is 6.07 Å². The number of carbonyl (C=O) groups is 1. The first-order valence-electron chi connectivity index (χ1n) is 3.86. The van der Waals surface area contributed by atoms with Crippen molar-refractivity contribution in [2.75, 3.05) is 13.7 Å². The van der Waals surface area contributed by atoms with Crippen LogP contribution in [-0.2, 0) is 0 Å². The Labute approximate surface area is 79.5 Å². The van der Waals surface area contributed by atoms with Gasteiger partial charge in [0, 0.05) is 6.07 Å². The molecule has 14 heavy (non-hydrogen) atoms. The third-order valence-electron chi connectivity index (χ3n) is 1.73. The number of methoxy groups -OCH3 is 1. The van der Waals surface area contributed by atoms with E-state index in [9.17, 15) is 13.6 Å². The van der Waals surface area contributed by atoms with Gasteiger partial charge in [-0.2, -0.15) is 0 Å². The Morgan fingerprint density at radius 3 is 2.57 bits per heavy atom. The monoisotopic (exact) mass is 201 g/mol. The summed E-state index contributed by atoms with van der Waals surface area (Å²) in [5.74, 6) is -2.55. The van der Waals surface area contributed by atoms with Crippen LogP contribution in [-0.4, -0.2) is 19.4 Å². The van der Waals surface area contributed by atoms with Gasteiger partial charge in [0.1, 0.15) is 5.82 Å². The number of nitrogens with two attached hydrogens (primary N) is 1. The number of ketones is 1. The SMILES string of the molecule is COc1cc(C(=O)CN)c(F)cc1F. The molecule has 0 bridgehead atoms. The second kappa shape index (κ2) is 4.15. The first-order chi connectivity index (χ1) is 6.60. The smallest absolute Gasteiger partial charge is 0.179 e. The number of hydrogen-bond acceptors (Lipinski definition) is 3. The summed E-state index contributed by atoms with van der Waals surface area (Å²) >= 11 is 0. The highest BCUT2D eigenvalue weighted by Gasteiger charge is 2.14. The van der Waals surface area contributed by atoms with Crippen molar-refractivity contribution in [3.8, 4) is 5.75 Å². The molecule has 76 valence electrons. The minimum atomic E-state index is -0.932. The van der Waals surface area contributed by atoms with E-state index in [4.69, 9.17) is 5.73 Å². The highest BCUT2D eigenvalue weighted by molar-refractivity contribution is 5.98. The Morgan fingerprint density at radius 2 is 2.07 bits per heavy atom. The molecule has 0 spiro atoms. The highest BCUT2D eigenvalue weighted by atomic mass is 19.1. The van der Waals surface area contributed by atoms with Gasteiger partial charge in [-0.05, 0) is 6.07 Å². The van der Waals surface area contributed by atoms with E-state index in [1.165, 1.54) is 7.11 Å². The molecule has 3 nitrogen and oxygen atoms in total. The van der Waals surface area contributed by atoms with Gasteiger partial charge >= 0.3 is 0 Å². The van der Waals surface area contributed by atoms with E-state index in [2.05, 4.69) is 4.74 Å². The largest absolute Gasteiger partial charge is 0.494 e. The van der Waals surface area contributed by atoms with Gasteiger partial charge in [0.15, 0.2) is 17.3 Å². The minimum absolute atomic E-state index is 0.178. The summed E-state index contributed by atoms with van der Waals surface area (Å²) in [5, 5.41) is 0. The van der Waals surface area contributed by atoms with Crippen molar-refractivity contribution in [2.24, 2.45) is 5.73 Å². The van der Waals surface area contributed by atoms with Crippen molar-refractivity contribution < 1.29 is 18.3 Å². The average molecular weight is 201 g/mol. The summed E-state index contributed by atoms with van der Waals surface area (Å²) in [6.45, 7) is -0.328. The summed E-state index contributed by atoms with van der Waals surface area (Å²) < 4.78 is 30.5. The van der Waals surface area contributed by atoms with E-state index in [1.807, 2.05) is 0 Å². The number of Topliss-reactive ketones (excluding diaryl/α,β-unsaturated/α-hetero) is 1. The molecule has 0 saturated heterocycles. The zero-order chi connectivity index (χ0) is 10.7. The summed E-state index contributed by atoms with van der Waals surface area (Å²) in [5.41, 5.74) is 4.79. The maximum Gasteiger partial charge on any atom is 0.179 e. The molecule has 0 atom stereocenters. The molecule has 0 saturated carbocycles. The fourth-order valence-electron chi connectivity index (χ4n) is 1.01. The van der Waals surface area contributed by atoms with Gasteiger partial charge in [0.2, 0.25) is 0 Å². The van der Waals surface area contributed by atoms with Crippen molar-refractivity contribution in [3.05, 3.63) is 29.3 Å². The Balaban J connectivity index is 3.24. The standard InChI is InChI=1S/C9H9F2NO2/c1-14-9-2-5(8(13)4-12)6(10)3-7(9)11/h2-3H,4,12H2,1H3. The van der Waals surface area contributed by atoms with Crippen LogP contribution >= 0.6 is 0 Å². The number of ether oxygens (including phenoxy) is 1. The summed E-state index contributed by atoms with van der Waals surface area (Å²) in [7, 11) is 1.23. The number of benzene rings is 1. The van der Waals surface area contributed by atoms with Gasteiger partial charge in [-0.3, -0.25) is 4.79 Å². The molecular formula is C9H9F2NO2. The highest BCUT2D eigenvalue weighted by Crippen LogP contribution is 2.21. The predicted molar refractivity (Wildman–Crippen MR) is 46.3 cm³/mol. The molecule has 1 aromatic carbocycles. The molecule has 0 aliphatic carbocycles. The van der Waals surface area contributed by atoms with Crippen LogP contribution in [0.25, 0.3) is 0 Å². The van der Waals surface area contributed by atoms with Gasteiger partial charge in [0.05, 0.1) is 19.2 Å². The molecule has 0 amide bonds. The molecule has 1 aromatic rings. The maximum absolute atomic E-state index is 13.0. The second-order valence-electron chi connectivity index (χ2n) is 2.59. The van der Waals surface area contributed by atoms with Crippen molar-refractivity contribution in [2.45, 2.75) is 0 Å². The number of carbonyl (C=O) groups excluding carboxylic acids is 1. The van der Waals surface area contributed by atoms with Crippen LogP contribution in [0.15, 0.2) is 12.1 Å². The normalized spacial score (nSPS) is 10.0. The molecule has 0 aliphatic heterocycles. The zero-order valence-corrected chi connectivity index (χ0v) is 7.51. The Kier molecular flexibility index (Phi) is 3.14. The average Bonchev–Trinajstić information content (AvgIpc) is 2.17. The van der Waals surface area contributed by atoms with Gasteiger partial charge in [-0.15, -0.1) is 0 Å². The summed E-state index contributed by atoms with van der Waals surface area (Å²) in [6, 6.07) is 1.60. The van der Waals surface area contributed by atoms with E-state index in [-0.39, 0.29) is 17.9 Å². The maximum atomic E-state index is 13.0. The molecular weight excluding hydrogens is 192 g/mol. The molecule has 0 unspecified atom stereocenters. The number of rotatable bonds is 3. The minimum Gasteiger partial charge on any atom is -0.494 e. The van der Waals surface area contributed by atoms with Crippen LogP contribution in [0.1, 0.15) is 10.4 Å². The van der Waals surface area contributed by atoms with Crippen LogP contribution in [0.4, 0.5) is 8.78 Å². The molecule has 2 N–H and O–H groups in total. The van der Waals surface area contributed by atoms with Crippen molar-refractivity contribution >= 4 is 5.78 Å². The molecule has 0 aliphatic rings. The van der Waals surface area contributed by atoms with Crippen LogP contribution in [0.5, 0.6) is 5.75 Å². The topological polar surface area (TPSA) is 52.3 Å². The van der Waals surface area contributed by atoms with Gasteiger partial charge < -0.3 is 10.5 Å². The molecule has 0 fully saturated rings. The molecule has 0 heterocycles. The fourth-order valence-corrected chi connectivity index (χ4v) is 1.01. The molecule has 0 aromatic heterocycles. The first kappa shape index (κ1) is 10.6. The van der Waals surface area contributed by atoms with Crippen molar-refractivity contribution in [1.29, 1.82) is 0 Å². The van der Waals surface area contributed by atoms with Crippen LogP contribution in [0.3, 0.4) is 0 Å². The lowest BCUT2D eigenvalue weighted by molar-refractivity contribution is 0.0997. The summed E-state index contributed by atoms with van der Waals surface area (Å²) in [6.07, 6.45) is 0. The lowest BCUT2D eigenvalue weighted by atomic mass is 10.1. The van der Waals surface area contributed by atoms with E-state index >= 15 is 0 Å². The van der Waals surface area contributed by atoms with E-state index < -0.39 is 17.4 Å². The van der Waals surface area contributed by atoms with Gasteiger partial charge in [0.25, 0.3) is 0 Å². The number of hydrogen-bond donors (Lipinski definition) is 1. The lowest BCUT2D eigenvalue weighted by Gasteiger charge is -2.05. The zero-order valence-electron chi connectivity index (χ0n) is 7.51. The lowest BCUT2D eigenvalue weighted by Crippen LogP contribution is -2.15. The third kappa shape index (κ3) is 1.88. The Bertz CT molecular complexity index is 366. The van der Waals surface area contributed by atoms with Crippen LogP contribution in [0, 0.1) is 11.6 Å². The summed E-state index contributed by atoms with van der Waals surface area (Å²) in [4.78, 5) is 11.1.